The van der Waals surface area contributed by atoms with E-state index in [9.17, 15) is 19.2 Å². The number of aliphatic carboxylic acids is 4. The van der Waals surface area contributed by atoms with Crippen LogP contribution in [0.3, 0.4) is 0 Å². The van der Waals surface area contributed by atoms with Crippen molar-refractivity contribution >= 4 is 67.1 Å². The maximum atomic E-state index is 11.2. The minimum absolute atomic E-state index is 0.0543. The van der Waals surface area contributed by atoms with Gasteiger partial charge in [0, 0.05) is 8.95 Å². The van der Waals surface area contributed by atoms with Crippen LogP contribution in [-0.4, -0.2) is 83.7 Å². The number of ether oxygens (including phenoxy) is 2. The van der Waals surface area contributed by atoms with Crippen LogP contribution in [0.2, 0.25) is 0 Å². The number of nitrogens with zero attached hydrogens (tertiary/aromatic N) is 2. The fourth-order valence-electron chi connectivity index (χ4n) is 3.14. The highest BCUT2D eigenvalue weighted by atomic mass is 79.9. The molecule has 0 saturated heterocycles. The minimum atomic E-state index is -1.22. The first-order valence-corrected chi connectivity index (χ1v) is 11.8. The zero-order valence-electron chi connectivity index (χ0n) is 18.6. The molecule has 0 aliphatic carbocycles. The molecule has 0 atom stereocenters. The minimum Gasteiger partial charge on any atom is -0.488 e. The molecule has 0 bridgehead atoms. The molecule has 14 heteroatoms. The molecule has 4 N–H and O–H groups in total. The number of carboxylic acid groups (broad SMARTS) is 4. The molecule has 194 valence electrons. The van der Waals surface area contributed by atoms with Gasteiger partial charge in [0.25, 0.3) is 0 Å². The highest BCUT2D eigenvalue weighted by molar-refractivity contribution is 9.10. The fourth-order valence-corrected chi connectivity index (χ4v) is 3.82. The summed E-state index contributed by atoms with van der Waals surface area (Å²) in [5.41, 5.74) is 0.500. The van der Waals surface area contributed by atoms with E-state index >= 15 is 0 Å². The number of hydrogen-bond donors (Lipinski definition) is 4. The van der Waals surface area contributed by atoms with Gasteiger partial charge in [-0.3, -0.25) is 19.2 Å². The van der Waals surface area contributed by atoms with E-state index in [1.165, 1.54) is 12.1 Å². The van der Waals surface area contributed by atoms with Gasteiger partial charge in [-0.25, -0.2) is 0 Å². The Morgan fingerprint density at radius 2 is 0.917 bits per heavy atom. The first-order chi connectivity index (χ1) is 17.0. The molecule has 0 aromatic heterocycles. The van der Waals surface area contributed by atoms with E-state index in [1.807, 2.05) is 0 Å². The lowest BCUT2D eigenvalue weighted by molar-refractivity contribution is -0.138. The first kappa shape index (κ1) is 28.7. The summed E-state index contributed by atoms with van der Waals surface area (Å²) in [5, 5.41) is 36.6. The fraction of sp³-hybridized carbons (Fsp3) is 0.273. The Bertz CT molecular complexity index is 1010. The summed E-state index contributed by atoms with van der Waals surface area (Å²) in [6.07, 6.45) is 0. The zero-order chi connectivity index (χ0) is 26.8. The molecule has 0 amide bonds. The number of hydrogen-bond acceptors (Lipinski definition) is 8. The van der Waals surface area contributed by atoms with Crippen LogP contribution in [0.15, 0.2) is 45.3 Å². The summed E-state index contributed by atoms with van der Waals surface area (Å²) in [4.78, 5) is 47.2. The Balaban J connectivity index is 2.19. The van der Waals surface area contributed by atoms with Gasteiger partial charge in [-0.2, -0.15) is 0 Å². The van der Waals surface area contributed by atoms with Gasteiger partial charge in [-0.15, -0.1) is 0 Å². The Morgan fingerprint density at radius 3 is 1.19 bits per heavy atom. The first-order valence-electron chi connectivity index (χ1n) is 10.2. The SMILES string of the molecule is O=C(O)CN(CC(=O)O)c1ccc(Br)cc1OCCOc1cc(Br)ccc1N(CC(=O)O)CC(=O)O. The van der Waals surface area contributed by atoms with Crippen molar-refractivity contribution in [1.29, 1.82) is 0 Å². The third-order valence-electron chi connectivity index (χ3n) is 4.43. The summed E-state index contributed by atoms with van der Waals surface area (Å²) in [5.74, 6) is -4.46. The van der Waals surface area contributed by atoms with Gasteiger partial charge in [0.2, 0.25) is 0 Å². The molecule has 2 aromatic rings. The topological polar surface area (TPSA) is 174 Å². The van der Waals surface area contributed by atoms with E-state index in [1.54, 1.807) is 24.3 Å². The van der Waals surface area contributed by atoms with Gasteiger partial charge in [-0.05, 0) is 36.4 Å². The van der Waals surface area contributed by atoms with Crippen LogP contribution in [0.5, 0.6) is 11.5 Å². The molecule has 2 aromatic carbocycles. The molecule has 36 heavy (non-hydrogen) atoms. The predicted octanol–water partition coefficient (Wildman–Crippen LogP) is 2.62. The van der Waals surface area contributed by atoms with E-state index in [0.717, 1.165) is 9.80 Å². The third-order valence-corrected chi connectivity index (χ3v) is 5.41. The number of carboxylic acids is 4. The van der Waals surface area contributed by atoms with E-state index in [4.69, 9.17) is 29.9 Å². The summed E-state index contributed by atoms with van der Waals surface area (Å²) in [6.45, 7) is -2.37. The van der Waals surface area contributed by atoms with E-state index < -0.39 is 50.1 Å². The largest absolute Gasteiger partial charge is 0.488 e. The van der Waals surface area contributed by atoms with Gasteiger partial charge >= 0.3 is 23.9 Å². The molecule has 0 heterocycles. The lowest BCUT2D eigenvalue weighted by Gasteiger charge is -2.25. The number of carbonyl (C=O) groups is 4. The Labute approximate surface area is 221 Å². The summed E-state index contributed by atoms with van der Waals surface area (Å²) < 4.78 is 12.7. The van der Waals surface area contributed by atoms with Crippen LogP contribution in [0.25, 0.3) is 0 Å². The van der Waals surface area contributed by atoms with E-state index in [0.29, 0.717) is 8.95 Å². The molecular weight excluding hydrogens is 612 g/mol. The lowest BCUT2D eigenvalue weighted by atomic mass is 10.2. The summed E-state index contributed by atoms with van der Waals surface area (Å²) in [6, 6.07) is 9.38. The normalized spacial score (nSPS) is 10.4. The maximum absolute atomic E-state index is 11.2. The zero-order valence-corrected chi connectivity index (χ0v) is 21.8. The number of benzene rings is 2. The Morgan fingerprint density at radius 1 is 0.611 bits per heavy atom. The van der Waals surface area contributed by atoms with Crippen molar-refractivity contribution in [3.8, 4) is 11.5 Å². The monoisotopic (exact) mass is 632 g/mol. The van der Waals surface area contributed by atoms with Crippen LogP contribution in [0, 0.1) is 0 Å². The highest BCUT2D eigenvalue weighted by Crippen LogP contribution is 2.33. The van der Waals surface area contributed by atoms with Crippen molar-refractivity contribution < 1.29 is 49.1 Å². The Kier molecular flexibility index (Phi) is 10.8. The van der Waals surface area contributed by atoms with Crippen LogP contribution < -0.4 is 19.3 Å². The van der Waals surface area contributed by atoms with Crippen molar-refractivity contribution in [2.75, 3.05) is 49.2 Å². The number of anilines is 2. The third kappa shape index (κ3) is 9.26. The van der Waals surface area contributed by atoms with Crippen molar-refractivity contribution in [3.63, 3.8) is 0 Å². The van der Waals surface area contributed by atoms with Crippen LogP contribution in [-0.2, 0) is 19.2 Å². The van der Waals surface area contributed by atoms with Gasteiger partial charge in [-0.1, -0.05) is 31.9 Å². The number of rotatable bonds is 15. The molecule has 0 saturated carbocycles. The lowest BCUT2D eigenvalue weighted by Crippen LogP contribution is -2.35. The molecule has 2 rings (SSSR count). The standard InChI is InChI=1S/C22H22Br2N2O10/c23-13-1-3-15(25(9-19(27)28)10-20(29)30)17(7-13)35-5-6-36-18-8-14(24)2-4-16(18)26(11-21(31)32)12-22(33)34/h1-4,7-8H,5-6,9-12H2,(H,27,28)(H,29,30)(H,31,32)(H,33,34). The number of halogens is 2. The molecular formula is C22H22Br2N2O10. The summed E-state index contributed by atoms with van der Waals surface area (Å²) >= 11 is 6.59. The van der Waals surface area contributed by atoms with Gasteiger partial charge in [0.15, 0.2) is 0 Å². The second-order valence-electron chi connectivity index (χ2n) is 7.21. The van der Waals surface area contributed by atoms with Crippen LogP contribution in [0.1, 0.15) is 0 Å². The average molecular weight is 634 g/mol. The van der Waals surface area contributed by atoms with Gasteiger partial charge < -0.3 is 39.7 Å². The van der Waals surface area contributed by atoms with E-state index in [2.05, 4.69) is 31.9 Å². The van der Waals surface area contributed by atoms with Crippen molar-refractivity contribution in [1.82, 2.24) is 0 Å². The second kappa shape index (κ2) is 13.5. The summed E-state index contributed by atoms with van der Waals surface area (Å²) in [7, 11) is 0. The predicted molar refractivity (Wildman–Crippen MR) is 134 cm³/mol. The van der Waals surface area contributed by atoms with Crippen molar-refractivity contribution in [2.24, 2.45) is 0 Å². The molecule has 0 radical (unpaired) electrons. The second-order valence-corrected chi connectivity index (χ2v) is 9.04. The molecule has 0 aliphatic rings. The molecule has 0 fully saturated rings. The van der Waals surface area contributed by atoms with Crippen molar-refractivity contribution in [3.05, 3.63) is 45.3 Å². The molecule has 0 unspecified atom stereocenters. The molecule has 12 nitrogen and oxygen atoms in total. The molecule has 0 spiro atoms. The quantitative estimate of drug-likeness (QED) is 0.211. The van der Waals surface area contributed by atoms with E-state index in [-0.39, 0.29) is 36.1 Å². The molecule has 0 aliphatic heterocycles. The van der Waals surface area contributed by atoms with Crippen LogP contribution in [0.4, 0.5) is 11.4 Å². The Hall–Kier alpha value is -3.52. The average Bonchev–Trinajstić information content (AvgIpc) is 2.74. The highest BCUT2D eigenvalue weighted by Gasteiger charge is 2.20. The van der Waals surface area contributed by atoms with Crippen LogP contribution >= 0.6 is 31.9 Å². The smallest absolute Gasteiger partial charge is 0.323 e. The van der Waals surface area contributed by atoms with Gasteiger partial charge in [0.05, 0.1) is 11.4 Å². The van der Waals surface area contributed by atoms with Gasteiger partial charge in [0.1, 0.15) is 50.9 Å². The maximum Gasteiger partial charge on any atom is 0.323 e. The van der Waals surface area contributed by atoms with Crippen molar-refractivity contribution in [2.45, 2.75) is 0 Å².